The number of hydrogen-bond donors (Lipinski definition) is 1. The highest BCUT2D eigenvalue weighted by atomic mass is 35.5. The molecule has 2 rings (SSSR count). The van der Waals surface area contributed by atoms with Crippen LogP contribution in [0.15, 0.2) is 42.5 Å². The number of carbonyl (C=O) groups is 1. The molecule has 0 bridgehead atoms. The molecule has 110 valence electrons. The zero-order valence-corrected chi connectivity index (χ0v) is 12.4. The Balaban J connectivity index is 2.46. The van der Waals surface area contributed by atoms with Gasteiger partial charge in [0.25, 0.3) is 0 Å². The number of aromatic carboxylic acids is 1. The van der Waals surface area contributed by atoms with Gasteiger partial charge >= 0.3 is 5.97 Å². The molecule has 0 saturated carbocycles. The number of carboxylic acids is 1. The fraction of sp³-hybridized carbons (Fsp3) is 0.188. The minimum atomic E-state index is -1.29. The quantitative estimate of drug-likeness (QED) is 0.911. The molecule has 0 aliphatic heterocycles. The first-order valence-corrected chi connectivity index (χ1v) is 6.80. The van der Waals surface area contributed by atoms with E-state index in [9.17, 15) is 14.3 Å². The lowest BCUT2D eigenvalue weighted by atomic mass is 10.0. The third-order valence-electron chi connectivity index (χ3n) is 3.52. The van der Waals surface area contributed by atoms with Crippen molar-refractivity contribution >= 4 is 23.3 Å². The van der Waals surface area contributed by atoms with E-state index < -0.39 is 11.8 Å². The van der Waals surface area contributed by atoms with Gasteiger partial charge in [-0.3, -0.25) is 0 Å². The Hall–Kier alpha value is -2.07. The van der Waals surface area contributed by atoms with Crippen LogP contribution in [0.1, 0.15) is 28.9 Å². The van der Waals surface area contributed by atoms with Gasteiger partial charge in [0.1, 0.15) is 11.4 Å². The normalized spacial score (nSPS) is 12.0. The maximum atomic E-state index is 13.8. The maximum absolute atomic E-state index is 13.8. The number of anilines is 1. The second kappa shape index (κ2) is 6.14. The predicted molar refractivity (Wildman–Crippen MR) is 81.6 cm³/mol. The summed E-state index contributed by atoms with van der Waals surface area (Å²) in [4.78, 5) is 13.0. The molecule has 0 radical (unpaired) electrons. The molecule has 0 spiro atoms. The van der Waals surface area contributed by atoms with Gasteiger partial charge in [0.05, 0.1) is 11.7 Å². The fourth-order valence-corrected chi connectivity index (χ4v) is 2.54. The van der Waals surface area contributed by atoms with E-state index in [0.717, 1.165) is 11.6 Å². The highest BCUT2D eigenvalue weighted by Gasteiger charge is 2.22. The smallest absolute Gasteiger partial charge is 0.340 e. The molecule has 0 amide bonds. The van der Waals surface area contributed by atoms with E-state index in [4.69, 9.17) is 11.6 Å². The van der Waals surface area contributed by atoms with Crippen LogP contribution in [0.4, 0.5) is 10.1 Å². The molecule has 3 nitrogen and oxygen atoms in total. The number of carboxylic acid groups (broad SMARTS) is 1. The molecule has 1 unspecified atom stereocenters. The van der Waals surface area contributed by atoms with Crippen molar-refractivity contribution in [1.82, 2.24) is 0 Å². The Morgan fingerprint density at radius 1 is 1.24 bits per heavy atom. The summed E-state index contributed by atoms with van der Waals surface area (Å²) in [5, 5.41) is 9.80. The molecule has 0 saturated heterocycles. The lowest BCUT2D eigenvalue weighted by Crippen LogP contribution is -2.24. The highest BCUT2D eigenvalue weighted by Crippen LogP contribution is 2.32. The molecule has 1 N–H and O–H groups in total. The zero-order chi connectivity index (χ0) is 15.6. The standard InChI is InChI=1S/C16H15ClFNO2/c1-10(11-6-3-4-7-12(11)17)19(2)14-9-5-8-13(18)15(14)16(20)21/h3-10H,1-2H3,(H,20,21). The molecule has 0 aromatic heterocycles. The summed E-state index contributed by atoms with van der Waals surface area (Å²) in [6.07, 6.45) is 0. The van der Waals surface area contributed by atoms with E-state index in [-0.39, 0.29) is 11.6 Å². The molecule has 0 fully saturated rings. The van der Waals surface area contributed by atoms with Gasteiger partial charge in [-0.2, -0.15) is 0 Å². The molecule has 1 atom stereocenters. The lowest BCUT2D eigenvalue weighted by Gasteiger charge is -2.29. The monoisotopic (exact) mass is 307 g/mol. The van der Waals surface area contributed by atoms with Gasteiger partial charge < -0.3 is 10.0 Å². The topological polar surface area (TPSA) is 40.5 Å². The number of rotatable bonds is 4. The molecule has 0 heterocycles. The Bertz CT molecular complexity index is 675. The van der Waals surface area contributed by atoms with Crippen molar-refractivity contribution in [3.8, 4) is 0 Å². The van der Waals surface area contributed by atoms with E-state index in [1.807, 2.05) is 25.1 Å². The molecule has 2 aromatic rings. The van der Waals surface area contributed by atoms with E-state index in [1.165, 1.54) is 6.07 Å². The fourth-order valence-electron chi connectivity index (χ4n) is 2.25. The maximum Gasteiger partial charge on any atom is 0.340 e. The molecule has 21 heavy (non-hydrogen) atoms. The average molecular weight is 308 g/mol. The minimum Gasteiger partial charge on any atom is -0.478 e. The molecule has 0 aliphatic carbocycles. The van der Waals surface area contributed by atoms with Crippen LogP contribution in [-0.4, -0.2) is 18.1 Å². The van der Waals surface area contributed by atoms with Crippen molar-refractivity contribution in [1.29, 1.82) is 0 Å². The minimum absolute atomic E-state index is 0.196. The third-order valence-corrected chi connectivity index (χ3v) is 3.87. The number of halogens is 2. The van der Waals surface area contributed by atoms with Gasteiger partial charge in [0, 0.05) is 12.1 Å². The van der Waals surface area contributed by atoms with Crippen molar-refractivity contribution < 1.29 is 14.3 Å². The molecular formula is C16H15ClFNO2. The van der Waals surface area contributed by atoms with Crippen LogP contribution in [0, 0.1) is 5.82 Å². The van der Waals surface area contributed by atoms with Crippen molar-refractivity contribution in [3.63, 3.8) is 0 Å². The third kappa shape index (κ3) is 3.00. The summed E-state index contributed by atoms with van der Waals surface area (Å²) in [6.45, 7) is 1.89. The second-order valence-corrected chi connectivity index (χ2v) is 5.15. The van der Waals surface area contributed by atoms with Crippen LogP contribution in [0.5, 0.6) is 0 Å². The van der Waals surface area contributed by atoms with Crippen LogP contribution in [0.25, 0.3) is 0 Å². The average Bonchev–Trinajstić information content (AvgIpc) is 2.45. The van der Waals surface area contributed by atoms with Crippen LogP contribution >= 0.6 is 11.6 Å². The first-order chi connectivity index (χ1) is 9.93. The Kier molecular flexibility index (Phi) is 4.48. The summed E-state index contributed by atoms with van der Waals surface area (Å²) in [7, 11) is 1.72. The first-order valence-electron chi connectivity index (χ1n) is 6.42. The van der Waals surface area contributed by atoms with E-state index in [0.29, 0.717) is 10.7 Å². The Morgan fingerprint density at radius 3 is 2.52 bits per heavy atom. The predicted octanol–water partition coefficient (Wildman–Crippen LogP) is 4.37. The Morgan fingerprint density at radius 2 is 1.90 bits per heavy atom. The van der Waals surface area contributed by atoms with Crippen molar-refractivity contribution in [3.05, 3.63) is 64.4 Å². The SMILES string of the molecule is CC(c1ccccc1Cl)N(C)c1cccc(F)c1C(=O)O. The van der Waals surface area contributed by atoms with Gasteiger partial charge in [-0.15, -0.1) is 0 Å². The van der Waals surface area contributed by atoms with Gasteiger partial charge in [0.2, 0.25) is 0 Å². The number of benzene rings is 2. The number of hydrogen-bond acceptors (Lipinski definition) is 2. The van der Waals surface area contributed by atoms with E-state index in [1.54, 1.807) is 24.1 Å². The van der Waals surface area contributed by atoms with Gasteiger partial charge in [-0.1, -0.05) is 35.9 Å². The van der Waals surface area contributed by atoms with Gasteiger partial charge in [0.15, 0.2) is 0 Å². The summed E-state index contributed by atoms with van der Waals surface area (Å²) in [6, 6.07) is 11.3. The zero-order valence-electron chi connectivity index (χ0n) is 11.7. The molecular weight excluding hydrogens is 293 g/mol. The summed E-state index contributed by atoms with van der Waals surface area (Å²) >= 11 is 6.17. The number of nitrogens with zero attached hydrogens (tertiary/aromatic N) is 1. The van der Waals surface area contributed by atoms with E-state index in [2.05, 4.69) is 0 Å². The largest absolute Gasteiger partial charge is 0.478 e. The van der Waals surface area contributed by atoms with Crippen LogP contribution in [0.2, 0.25) is 5.02 Å². The summed E-state index contributed by atoms with van der Waals surface area (Å²) in [5.74, 6) is -2.04. The Labute approximate surface area is 127 Å². The van der Waals surface area contributed by atoms with Crippen LogP contribution in [0.3, 0.4) is 0 Å². The lowest BCUT2D eigenvalue weighted by molar-refractivity contribution is 0.0692. The van der Waals surface area contributed by atoms with Crippen molar-refractivity contribution in [2.75, 3.05) is 11.9 Å². The van der Waals surface area contributed by atoms with Crippen LogP contribution < -0.4 is 4.90 Å². The van der Waals surface area contributed by atoms with Crippen molar-refractivity contribution in [2.45, 2.75) is 13.0 Å². The molecule has 0 aliphatic rings. The summed E-state index contributed by atoms with van der Waals surface area (Å²) in [5.41, 5.74) is 0.830. The first kappa shape index (κ1) is 15.3. The van der Waals surface area contributed by atoms with Crippen molar-refractivity contribution in [2.24, 2.45) is 0 Å². The van der Waals surface area contributed by atoms with Gasteiger partial charge in [-0.25, -0.2) is 9.18 Å². The van der Waals surface area contributed by atoms with Gasteiger partial charge in [-0.05, 0) is 30.7 Å². The second-order valence-electron chi connectivity index (χ2n) is 4.75. The van der Waals surface area contributed by atoms with E-state index >= 15 is 0 Å². The highest BCUT2D eigenvalue weighted by molar-refractivity contribution is 6.31. The molecule has 2 aromatic carbocycles. The summed E-state index contributed by atoms with van der Waals surface area (Å²) < 4.78 is 13.8. The molecule has 5 heteroatoms. The van der Waals surface area contributed by atoms with Crippen LogP contribution in [-0.2, 0) is 0 Å².